The third kappa shape index (κ3) is 6.07. The van der Waals surface area contributed by atoms with E-state index in [4.69, 9.17) is 0 Å². The fourth-order valence-corrected chi connectivity index (χ4v) is 4.69. The van der Waals surface area contributed by atoms with Crippen LogP contribution in [0.2, 0.25) is 0 Å². The van der Waals surface area contributed by atoms with Crippen LogP contribution in [0.15, 0.2) is 48.5 Å². The third-order valence-corrected chi connectivity index (χ3v) is 6.21. The lowest BCUT2D eigenvalue weighted by molar-refractivity contribution is -0.123. The second-order valence-electron chi connectivity index (χ2n) is 8.29. The van der Waals surface area contributed by atoms with Gasteiger partial charge >= 0.3 is 0 Å². The number of nitrogens with one attached hydrogen (secondary N) is 1. The van der Waals surface area contributed by atoms with Crippen LogP contribution in [-0.4, -0.2) is 32.2 Å². The number of benzene rings is 2. The average molecular weight is 417 g/mol. The fraction of sp³-hybridized carbons (Fsp3) is 0.435. The van der Waals surface area contributed by atoms with Crippen molar-refractivity contribution in [3.05, 3.63) is 65.2 Å². The van der Waals surface area contributed by atoms with Crippen LogP contribution in [0.25, 0.3) is 0 Å². The van der Waals surface area contributed by atoms with E-state index in [2.05, 4.69) is 5.32 Å². The molecule has 5 nitrogen and oxygen atoms in total. The largest absolute Gasteiger partial charge is 0.349 e. The molecule has 6 heteroatoms. The number of sulfonamides is 1. The summed E-state index contributed by atoms with van der Waals surface area (Å²) in [7, 11) is -3.65. The summed E-state index contributed by atoms with van der Waals surface area (Å²) >= 11 is 0. The molecule has 2 aromatic carbocycles. The van der Waals surface area contributed by atoms with E-state index in [1.54, 1.807) is 6.07 Å². The first-order valence-electron chi connectivity index (χ1n) is 9.87. The van der Waals surface area contributed by atoms with Crippen LogP contribution in [0.5, 0.6) is 0 Å². The Bertz CT molecular complexity index is 953. The predicted molar refractivity (Wildman–Crippen MR) is 120 cm³/mol. The van der Waals surface area contributed by atoms with Crippen molar-refractivity contribution < 1.29 is 13.2 Å². The molecule has 1 N–H and O–H groups in total. The zero-order valence-corrected chi connectivity index (χ0v) is 19.0. The monoisotopic (exact) mass is 416 g/mol. The van der Waals surface area contributed by atoms with Crippen molar-refractivity contribution in [3.8, 4) is 0 Å². The van der Waals surface area contributed by atoms with E-state index in [0.29, 0.717) is 18.5 Å². The quantitative estimate of drug-likeness (QED) is 0.708. The Labute approximate surface area is 175 Å². The Morgan fingerprint density at radius 3 is 2.21 bits per heavy atom. The summed E-state index contributed by atoms with van der Waals surface area (Å²) in [4.78, 5) is 13.2. The number of aryl methyl sites for hydroxylation is 2. The SMILES string of the molecule is CCC(C(=O)NC(C)(C)Cc1ccccc1)N(c1ccc(C)c(C)c1)S(C)(=O)=O. The zero-order chi connectivity index (χ0) is 21.8. The third-order valence-electron chi connectivity index (χ3n) is 5.03. The maximum Gasteiger partial charge on any atom is 0.244 e. The van der Waals surface area contributed by atoms with Gasteiger partial charge in [0.15, 0.2) is 0 Å². The van der Waals surface area contributed by atoms with Crippen LogP contribution < -0.4 is 9.62 Å². The van der Waals surface area contributed by atoms with Crippen molar-refractivity contribution in [2.45, 2.75) is 59.0 Å². The number of amides is 1. The molecule has 0 spiro atoms. The Morgan fingerprint density at radius 2 is 1.69 bits per heavy atom. The van der Waals surface area contributed by atoms with Crippen molar-refractivity contribution >= 4 is 21.6 Å². The van der Waals surface area contributed by atoms with Gasteiger partial charge in [-0.3, -0.25) is 9.10 Å². The van der Waals surface area contributed by atoms with Gasteiger partial charge in [0.1, 0.15) is 6.04 Å². The molecule has 158 valence electrons. The topological polar surface area (TPSA) is 66.5 Å². The van der Waals surface area contributed by atoms with Crippen molar-refractivity contribution in [1.82, 2.24) is 5.32 Å². The second kappa shape index (κ2) is 8.99. The normalized spacial score (nSPS) is 13.0. The first-order valence-corrected chi connectivity index (χ1v) is 11.7. The van der Waals surface area contributed by atoms with E-state index in [0.717, 1.165) is 22.9 Å². The Morgan fingerprint density at radius 1 is 1.07 bits per heavy atom. The average Bonchev–Trinajstić information content (AvgIpc) is 2.61. The lowest BCUT2D eigenvalue weighted by atomic mass is 9.94. The maximum absolute atomic E-state index is 13.2. The molecular formula is C23H32N2O3S. The number of anilines is 1. The van der Waals surface area contributed by atoms with Crippen LogP contribution in [0.1, 0.15) is 43.9 Å². The van der Waals surface area contributed by atoms with Gasteiger partial charge in [0.2, 0.25) is 15.9 Å². The highest BCUT2D eigenvalue weighted by molar-refractivity contribution is 7.92. The molecule has 0 aliphatic rings. The number of nitrogens with zero attached hydrogens (tertiary/aromatic N) is 1. The number of hydrogen-bond donors (Lipinski definition) is 1. The van der Waals surface area contributed by atoms with Crippen LogP contribution in [-0.2, 0) is 21.2 Å². The summed E-state index contributed by atoms with van der Waals surface area (Å²) < 4.78 is 26.5. The van der Waals surface area contributed by atoms with Gasteiger partial charge in [-0.2, -0.15) is 0 Å². The smallest absolute Gasteiger partial charge is 0.244 e. The van der Waals surface area contributed by atoms with Gasteiger partial charge in [-0.25, -0.2) is 8.42 Å². The molecule has 0 saturated carbocycles. The lowest BCUT2D eigenvalue weighted by Crippen LogP contribution is -2.55. The molecule has 0 aromatic heterocycles. The van der Waals surface area contributed by atoms with Crippen molar-refractivity contribution in [3.63, 3.8) is 0 Å². The lowest BCUT2D eigenvalue weighted by Gasteiger charge is -2.34. The van der Waals surface area contributed by atoms with E-state index in [9.17, 15) is 13.2 Å². The minimum atomic E-state index is -3.65. The summed E-state index contributed by atoms with van der Waals surface area (Å²) in [5.41, 5.74) is 3.16. The van der Waals surface area contributed by atoms with E-state index in [-0.39, 0.29) is 5.91 Å². The van der Waals surface area contributed by atoms with Gasteiger partial charge in [-0.15, -0.1) is 0 Å². The molecule has 0 bridgehead atoms. The highest BCUT2D eigenvalue weighted by Gasteiger charge is 2.34. The molecule has 0 aliphatic carbocycles. The highest BCUT2D eigenvalue weighted by atomic mass is 32.2. The molecule has 2 rings (SSSR count). The number of rotatable bonds is 8. The van der Waals surface area contributed by atoms with Crippen LogP contribution in [0.3, 0.4) is 0 Å². The molecule has 0 aliphatic heterocycles. The summed E-state index contributed by atoms with van der Waals surface area (Å²) in [6.45, 7) is 9.63. The number of carbonyl (C=O) groups is 1. The standard InChI is InChI=1S/C23H32N2O3S/c1-7-21(22(26)24-23(4,5)16-19-11-9-8-10-12-19)25(29(6,27)28)20-14-13-17(2)18(3)15-20/h8-15,21H,7,16H2,1-6H3,(H,24,26). The Hall–Kier alpha value is -2.34. The molecular weight excluding hydrogens is 384 g/mol. The zero-order valence-electron chi connectivity index (χ0n) is 18.2. The van der Waals surface area contributed by atoms with Gasteiger partial charge in [0.05, 0.1) is 11.9 Å². The van der Waals surface area contributed by atoms with Crippen molar-refractivity contribution in [2.24, 2.45) is 0 Å². The van der Waals surface area contributed by atoms with Gasteiger partial charge in [0.25, 0.3) is 0 Å². The van der Waals surface area contributed by atoms with E-state index in [1.807, 2.05) is 77.1 Å². The van der Waals surface area contributed by atoms with Gasteiger partial charge in [-0.1, -0.05) is 43.3 Å². The van der Waals surface area contributed by atoms with Crippen LogP contribution in [0, 0.1) is 13.8 Å². The summed E-state index contributed by atoms with van der Waals surface area (Å²) in [5, 5.41) is 3.06. The van der Waals surface area contributed by atoms with Crippen LogP contribution in [0.4, 0.5) is 5.69 Å². The molecule has 0 saturated heterocycles. The highest BCUT2D eigenvalue weighted by Crippen LogP contribution is 2.25. The number of carbonyl (C=O) groups excluding carboxylic acids is 1. The number of hydrogen-bond acceptors (Lipinski definition) is 3. The van der Waals surface area contributed by atoms with Gasteiger partial charge in [-0.05, 0) is 69.4 Å². The minimum absolute atomic E-state index is 0.294. The Kier molecular flexibility index (Phi) is 7.11. The Balaban J connectivity index is 2.31. The first-order chi connectivity index (χ1) is 13.4. The molecule has 1 atom stereocenters. The van der Waals surface area contributed by atoms with E-state index >= 15 is 0 Å². The first kappa shape index (κ1) is 22.9. The van der Waals surface area contributed by atoms with Crippen molar-refractivity contribution in [1.29, 1.82) is 0 Å². The molecule has 0 radical (unpaired) electrons. The molecule has 29 heavy (non-hydrogen) atoms. The van der Waals surface area contributed by atoms with Crippen LogP contribution >= 0.6 is 0 Å². The molecule has 0 fully saturated rings. The minimum Gasteiger partial charge on any atom is -0.349 e. The summed E-state index contributed by atoms with van der Waals surface area (Å²) in [6.07, 6.45) is 2.17. The molecule has 0 heterocycles. The maximum atomic E-state index is 13.2. The molecule has 1 amide bonds. The second-order valence-corrected chi connectivity index (χ2v) is 10.1. The van der Waals surface area contributed by atoms with Crippen molar-refractivity contribution in [2.75, 3.05) is 10.6 Å². The molecule has 1 unspecified atom stereocenters. The molecule has 2 aromatic rings. The summed E-state index contributed by atoms with van der Waals surface area (Å²) in [5.74, 6) is -0.294. The summed E-state index contributed by atoms with van der Waals surface area (Å²) in [6, 6.07) is 14.6. The van der Waals surface area contributed by atoms with Gasteiger partial charge in [0, 0.05) is 5.54 Å². The fourth-order valence-electron chi connectivity index (χ4n) is 3.49. The van der Waals surface area contributed by atoms with Gasteiger partial charge < -0.3 is 5.32 Å². The predicted octanol–water partition coefficient (Wildman–Crippen LogP) is 3.99. The van der Waals surface area contributed by atoms with E-state index in [1.165, 1.54) is 4.31 Å². The van der Waals surface area contributed by atoms with E-state index < -0.39 is 21.6 Å².